The molecule has 0 saturated heterocycles. The van der Waals surface area contributed by atoms with Gasteiger partial charge >= 0.3 is 17.9 Å². The van der Waals surface area contributed by atoms with Crippen molar-refractivity contribution in [3.05, 3.63) is 109 Å². The van der Waals surface area contributed by atoms with Crippen LogP contribution in [0.25, 0.3) is 12.2 Å². The van der Waals surface area contributed by atoms with Gasteiger partial charge in [-0.05, 0) is 146 Å². The van der Waals surface area contributed by atoms with E-state index in [-0.39, 0.29) is 69.7 Å². The van der Waals surface area contributed by atoms with Crippen LogP contribution in [0.3, 0.4) is 0 Å². The average molecular weight is 830 g/mol. The molecule has 4 aliphatic rings. The van der Waals surface area contributed by atoms with Gasteiger partial charge < -0.3 is 36.7 Å². The van der Waals surface area contributed by atoms with Gasteiger partial charge in [-0.3, -0.25) is 29.0 Å². The highest BCUT2D eigenvalue weighted by molar-refractivity contribution is 6.24. The number of aliphatic imine (C=N–C) groups is 3. The number of aliphatic carboxylic acids is 3. The van der Waals surface area contributed by atoms with E-state index < -0.39 is 23.9 Å². The molecule has 318 valence electrons. The van der Waals surface area contributed by atoms with Crippen molar-refractivity contribution in [2.45, 2.75) is 91.5 Å². The molecule has 4 aliphatic heterocycles. The minimum Gasteiger partial charge on any atom is -0.481 e. The van der Waals surface area contributed by atoms with E-state index in [0.717, 1.165) is 50.1 Å². The molecule has 0 aliphatic carbocycles. The fourth-order valence-electron chi connectivity index (χ4n) is 7.86. The molecule has 0 saturated carbocycles. The Labute approximate surface area is 352 Å². The van der Waals surface area contributed by atoms with Crippen LogP contribution in [0.5, 0.6) is 0 Å². The van der Waals surface area contributed by atoms with Crippen molar-refractivity contribution >= 4 is 64.7 Å². The summed E-state index contributed by atoms with van der Waals surface area (Å²) in [4.78, 5) is 79.6. The summed E-state index contributed by atoms with van der Waals surface area (Å²) in [6.07, 6.45) is 8.77. The fourth-order valence-corrected chi connectivity index (χ4v) is 7.86. The van der Waals surface area contributed by atoms with E-state index in [1.165, 1.54) is 0 Å². The third-order valence-corrected chi connectivity index (χ3v) is 11.4. The normalized spacial score (nSPS) is 16.9. The predicted octanol–water partition coefficient (Wildman–Crippen LogP) is 3.93. The van der Waals surface area contributed by atoms with Crippen LogP contribution in [0.15, 0.2) is 96.2 Å². The molecule has 0 spiro atoms. The lowest BCUT2D eigenvalue weighted by Crippen LogP contribution is -2.37. The van der Waals surface area contributed by atoms with Crippen molar-refractivity contribution in [3.63, 3.8) is 0 Å². The highest BCUT2D eigenvalue weighted by Gasteiger charge is 2.29. The van der Waals surface area contributed by atoms with Crippen LogP contribution < -0.4 is 27.1 Å². The van der Waals surface area contributed by atoms with Crippen molar-refractivity contribution in [1.29, 1.82) is 0 Å². The Balaban J connectivity index is 1.36. The van der Waals surface area contributed by atoms with Gasteiger partial charge in [0, 0.05) is 48.6 Å². The summed E-state index contributed by atoms with van der Waals surface area (Å²) < 4.78 is 0. The summed E-state index contributed by atoms with van der Waals surface area (Å²) in [5.41, 5.74) is 16.7. The first-order valence-corrected chi connectivity index (χ1v) is 20.3. The second-order valence-corrected chi connectivity index (χ2v) is 15.5. The number of hydrogen-bond acceptors (Lipinski definition) is 9. The van der Waals surface area contributed by atoms with E-state index in [1.807, 2.05) is 64.1 Å². The first-order chi connectivity index (χ1) is 29.1. The number of anilines is 1. The third-order valence-electron chi connectivity index (χ3n) is 11.4. The number of nitrogens with one attached hydrogen (secondary N) is 3. The SMILES string of the molecule is CC1=C(CCC(=O)O)C2=CC3=NC(=CC4N=C(C=c5[nH]c(c(CCC(=O)O)c5C)=CC1=N2)C(CCC(=O)O)=C4C)C(CCC(=O)NCC(=O)NCCc1ccc(N)cc1)=C3C. The molecular weight excluding hydrogens is 779 g/mol. The molecule has 0 radical (unpaired) electrons. The van der Waals surface area contributed by atoms with Crippen molar-refractivity contribution in [1.82, 2.24) is 15.6 Å². The molecule has 1 aromatic heterocycles. The summed E-state index contributed by atoms with van der Waals surface area (Å²) in [6, 6.07) is 6.89. The number of H-pyrrole nitrogens is 1. The van der Waals surface area contributed by atoms with Crippen LogP contribution in [0.1, 0.15) is 82.4 Å². The van der Waals surface area contributed by atoms with Crippen LogP contribution in [0.2, 0.25) is 0 Å². The summed E-state index contributed by atoms with van der Waals surface area (Å²) in [5, 5.41) is 35.8. The Morgan fingerprint density at radius 1 is 0.656 bits per heavy atom. The van der Waals surface area contributed by atoms with E-state index in [2.05, 4.69) is 15.6 Å². The number of carbonyl (C=O) groups excluding carboxylic acids is 2. The lowest BCUT2D eigenvalue weighted by Gasteiger charge is -2.10. The lowest BCUT2D eigenvalue weighted by molar-refractivity contribution is -0.138. The first kappa shape index (κ1) is 43.7. The molecule has 2 amide bonds. The maximum atomic E-state index is 13.2. The molecule has 15 heteroatoms. The Hall–Kier alpha value is -6.90. The molecule has 2 aromatic rings. The molecule has 0 fully saturated rings. The average Bonchev–Trinajstić information content (AvgIpc) is 3.87. The van der Waals surface area contributed by atoms with Gasteiger partial charge in [-0.1, -0.05) is 12.1 Å². The number of allylic oxidation sites excluding steroid dienone is 6. The summed E-state index contributed by atoms with van der Waals surface area (Å²) >= 11 is 0. The topological polar surface area (TPSA) is 249 Å². The maximum absolute atomic E-state index is 13.2. The number of carboxylic acids is 3. The van der Waals surface area contributed by atoms with Crippen molar-refractivity contribution in [2.75, 3.05) is 18.8 Å². The van der Waals surface area contributed by atoms with Gasteiger partial charge in [0.05, 0.1) is 41.1 Å². The Bertz CT molecular complexity index is 2580. The molecule has 5 heterocycles. The number of aromatic amines is 1. The largest absolute Gasteiger partial charge is 0.481 e. The number of nitrogens with zero attached hydrogens (tertiary/aromatic N) is 3. The molecule has 15 nitrogen and oxygen atoms in total. The number of nitrogens with two attached hydrogens (primary N) is 1. The quantitative estimate of drug-likeness (QED) is 0.114. The van der Waals surface area contributed by atoms with E-state index in [4.69, 9.17) is 20.7 Å². The predicted molar refractivity (Wildman–Crippen MR) is 234 cm³/mol. The van der Waals surface area contributed by atoms with Crippen molar-refractivity contribution in [2.24, 2.45) is 15.0 Å². The number of nitrogen functional groups attached to an aromatic ring is 1. The number of amides is 2. The maximum Gasteiger partial charge on any atom is 0.303 e. The highest BCUT2D eigenvalue weighted by Crippen LogP contribution is 2.36. The molecule has 1 atom stereocenters. The summed E-state index contributed by atoms with van der Waals surface area (Å²) in [7, 11) is 0. The zero-order valence-corrected chi connectivity index (χ0v) is 34.8. The third kappa shape index (κ3) is 10.7. The van der Waals surface area contributed by atoms with Gasteiger partial charge in [0.2, 0.25) is 11.8 Å². The van der Waals surface area contributed by atoms with Crippen LogP contribution in [0, 0.1) is 6.92 Å². The number of carbonyl (C=O) groups is 5. The fraction of sp³-hybridized carbons (Fsp3) is 0.348. The van der Waals surface area contributed by atoms with Crippen LogP contribution >= 0.6 is 0 Å². The standard InChI is InChI=1S/C46H51N7O8/c1-24-30(9-13-42(54)49-23-43(55)48-18-17-28-5-7-29(47)8-6-28)38-19-35-25(2)31(10-14-44(56)57)40(51-35)21-37-27(4)33(12-16-46(60)61)41(53-37)22-36-26(3)32(11-15-45(58)59)39(52-36)20-34(24)50-38/h5-8,19-22,35,53H,9-18,23,47H2,1-4H3,(H,48,55)(H,49,54)(H,56,57)(H,58,59)(H,60,61). The van der Waals surface area contributed by atoms with E-state index in [0.29, 0.717) is 57.9 Å². The van der Waals surface area contributed by atoms with Crippen molar-refractivity contribution < 1.29 is 39.3 Å². The molecule has 1 unspecified atom stereocenters. The first-order valence-electron chi connectivity index (χ1n) is 20.3. The van der Waals surface area contributed by atoms with E-state index in [1.54, 1.807) is 12.1 Å². The van der Waals surface area contributed by atoms with E-state index >= 15 is 0 Å². The van der Waals surface area contributed by atoms with Gasteiger partial charge in [0.1, 0.15) is 0 Å². The number of benzene rings is 1. The van der Waals surface area contributed by atoms with E-state index in [9.17, 15) is 39.3 Å². The second kappa shape index (κ2) is 19.0. The van der Waals surface area contributed by atoms with Crippen LogP contribution in [0.4, 0.5) is 5.69 Å². The number of carboxylic acid groups (broad SMARTS) is 3. The Morgan fingerprint density at radius 3 is 1.90 bits per heavy atom. The monoisotopic (exact) mass is 829 g/mol. The smallest absolute Gasteiger partial charge is 0.303 e. The number of hydrogen-bond donors (Lipinski definition) is 7. The minimum atomic E-state index is -0.954. The lowest BCUT2D eigenvalue weighted by atomic mass is 9.95. The molecule has 8 N–H and O–H groups in total. The molecule has 1 aromatic carbocycles. The minimum absolute atomic E-state index is 0.0618. The molecule has 6 rings (SSSR count). The number of fused-ring (bicyclic) bond motifs is 5. The van der Waals surface area contributed by atoms with Gasteiger partial charge in [-0.25, -0.2) is 9.98 Å². The van der Waals surface area contributed by atoms with Gasteiger partial charge in [-0.15, -0.1) is 0 Å². The Morgan fingerprint density at radius 2 is 1.23 bits per heavy atom. The molecule has 61 heavy (non-hydrogen) atoms. The molecular formula is C46H51N7O8. The van der Waals surface area contributed by atoms with Gasteiger partial charge in [-0.2, -0.15) is 0 Å². The number of rotatable bonds is 17. The summed E-state index contributed by atoms with van der Waals surface area (Å²) in [6.45, 7) is 7.82. The van der Waals surface area contributed by atoms with Gasteiger partial charge in [0.25, 0.3) is 0 Å². The summed E-state index contributed by atoms with van der Waals surface area (Å²) in [5.74, 6) is -3.48. The highest BCUT2D eigenvalue weighted by atomic mass is 16.4. The van der Waals surface area contributed by atoms with Crippen molar-refractivity contribution in [3.8, 4) is 0 Å². The zero-order valence-electron chi connectivity index (χ0n) is 34.8. The Kier molecular flexibility index (Phi) is 13.6. The zero-order chi connectivity index (χ0) is 44.0. The second-order valence-electron chi connectivity index (χ2n) is 15.5. The number of aromatic nitrogens is 1. The van der Waals surface area contributed by atoms with Gasteiger partial charge in [0.15, 0.2) is 0 Å². The molecule has 8 bridgehead atoms. The van der Waals surface area contributed by atoms with Crippen LogP contribution in [-0.2, 0) is 36.8 Å². The van der Waals surface area contributed by atoms with Crippen LogP contribution in [-0.4, -0.2) is 86.3 Å².